The minimum absolute atomic E-state index is 0.171. The summed E-state index contributed by atoms with van der Waals surface area (Å²) < 4.78 is 21.5. The van der Waals surface area contributed by atoms with Crippen molar-refractivity contribution in [3.63, 3.8) is 0 Å². The molecule has 0 saturated carbocycles. The number of fused-ring (bicyclic) bond motifs is 21. The number of aromatic nitrogens is 2. The van der Waals surface area contributed by atoms with Crippen LogP contribution in [0.3, 0.4) is 0 Å². The third kappa shape index (κ3) is 11.9. The number of hydrogen-bond donors (Lipinski definition) is 2. The molecule has 0 amide bonds. The highest BCUT2D eigenvalue weighted by Crippen LogP contribution is 2.55. The van der Waals surface area contributed by atoms with Crippen LogP contribution < -0.4 is 32.4 Å². The van der Waals surface area contributed by atoms with Crippen LogP contribution in [0.4, 0.5) is 39.8 Å². The van der Waals surface area contributed by atoms with Crippen molar-refractivity contribution < 1.29 is 13.3 Å². The standard InChI is InChI=1S/C46H33NO2.C34H24N2O2.C31H18N2O2S/c1-46(2)40-28-34(30-11-5-3-6-12-30)20-25-42(40)47(43-26-21-35(29-41(43)46)31-13-7-4-8-14-31)36-22-17-32(18-23-36)33-19-24-37-38-15-9-10-16-44(38)49-45(48)39(37)27-33;1-34(2)26-11-5-6-12-28(26)35-29-18-24-22-9-3-7-13-30(22)36(31(24)19-27(29)34)20-15-16-21-23-10-4-8-14-32(23)38-33(37)25(21)17-20;34-31-23-15-18(13-14-19(23)21-8-2-5-11-28(21)35-31)33-26-10-4-1-7-20(26)22-16-25-30(17-27(22)33)36-29-12-6-3-9-24(29)32-25/h3-29H,1-2H3;3-19,35H,1-2H3;1-17,32H. The molecule has 0 fully saturated rings. The van der Waals surface area contributed by atoms with E-state index in [-0.39, 0.29) is 27.7 Å². The second-order valence-corrected chi connectivity index (χ2v) is 34.2. The Labute approximate surface area is 710 Å². The molecule has 0 aliphatic carbocycles. The van der Waals surface area contributed by atoms with Crippen molar-refractivity contribution in [1.82, 2.24) is 9.13 Å². The van der Waals surface area contributed by atoms with Gasteiger partial charge in [0.25, 0.3) is 0 Å². The summed E-state index contributed by atoms with van der Waals surface area (Å²) in [6.07, 6.45) is 0. The summed E-state index contributed by atoms with van der Waals surface area (Å²) in [5.74, 6) is 0. The Hall–Kier alpha value is -15.5. The fourth-order valence-corrected chi connectivity index (χ4v) is 20.2. The van der Waals surface area contributed by atoms with Crippen LogP contribution in [0.25, 0.3) is 154 Å². The minimum Gasteiger partial charge on any atom is -0.422 e. The van der Waals surface area contributed by atoms with E-state index in [0.717, 1.165) is 105 Å². The number of nitrogens with zero attached hydrogens (tertiary/aromatic N) is 3. The number of hydrogen-bond acceptors (Lipinski definition) is 10. The maximum Gasteiger partial charge on any atom is 0.344 e. The van der Waals surface area contributed by atoms with Gasteiger partial charge in [-0.3, -0.25) is 0 Å². The Morgan fingerprint density at radius 3 is 1.18 bits per heavy atom. The highest BCUT2D eigenvalue weighted by molar-refractivity contribution is 7.99. The van der Waals surface area contributed by atoms with Gasteiger partial charge in [-0.15, -0.1) is 0 Å². The van der Waals surface area contributed by atoms with Gasteiger partial charge in [0.05, 0.1) is 61.0 Å². The third-order valence-electron chi connectivity index (χ3n) is 25.3. The normalized spacial score (nSPS) is 13.3. The zero-order chi connectivity index (χ0) is 82.5. The van der Waals surface area contributed by atoms with E-state index in [0.29, 0.717) is 32.9 Å². The van der Waals surface area contributed by atoms with E-state index in [4.69, 9.17) is 13.3 Å². The van der Waals surface area contributed by atoms with Crippen molar-refractivity contribution in [3.8, 4) is 44.8 Å². The molecule has 12 heteroatoms. The molecule has 0 spiro atoms. The van der Waals surface area contributed by atoms with E-state index in [1.165, 1.54) is 87.2 Å². The van der Waals surface area contributed by atoms with E-state index in [9.17, 15) is 14.4 Å². The molecular formula is C111H75N5O6S. The van der Waals surface area contributed by atoms with Gasteiger partial charge in [0.2, 0.25) is 0 Å². The maximum absolute atomic E-state index is 13.1. The summed E-state index contributed by atoms with van der Waals surface area (Å²) in [4.78, 5) is 43.8. The lowest BCUT2D eigenvalue weighted by molar-refractivity contribution is 0.569. The smallest absolute Gasteiger partial charge is 0.344 e. The molecule has 0 radical (unpaired) electrons. The van der Waals surface area contributed by atoms with Crippen LogP contribution in [0, 0.1) is 0 Å². The molecular weight excluding hydrogens is 1530 g/mol. The zero-order valence-corrected chi connectivity index (χ0v) is 68.2. The summed E-state index contributed by atoms with van der Waals surface area (Å²) >= 11 is 1.78. The molecule has 2 N–H and O–H groups in total. The second-order valence-electron chi connectivity index (χ2n) is 33.1. The second kappa shape index (κ2) is 28.3. The Kier molecular flexibility index (Phi) is 16.8. The summed E-state index contributed by atoms with van der Waals surface area (Å²) in [7, 11) is 0. The first-order chi connectivity index (χ1) is 60.2. The van der Waals surface area contributed by atoms with Crippen LogP contribution in [0.5, 0.6) is 0 Å². The maximum atomic E-state index is 13.1. The highest BCUT2D eigenvalue weighted by Gasteiger charge is 2.39. The first kappa shape index (κ1) is 72.7. The van der Waals surface area contributed by atoms with Crippen molar-refractivity contribution >= 4 is 160 Å². The molecule has 3 aliphatic rings. The number of nitrogens with one attached hydrogen (secondary N) is 2. The fraction of sp³-hybridized carbons (Fsp3) is 0.0541. The molecule has 3 aliphatic heterocycles. The van der Waals surface area contributed by atoms with Gasteiger partial charge in [-0.25, -0.2) is 14.4 Å². The van der Waals surface area contributed by atoms with Crippen LogP contribution in [-0.2, 0) is 10.8 Å². The molecule has 17 aromatic carbocycles. The van der Waals surface area contributed by atoms with Crippen molar-refractivity contribution in [2.45, 2.75) is 48.3 Å². The molecule has 22 aromatic rings. The predicted molar refractivity (Wildman–Crippen MR) is 507 cm³/mol. The first-order valence-electron chi connectivity index (χ1n) is 41.4. The van der Waals surface area contributed by atoms with Crippen LogP contribution in [0.1, 0.15) is 49.9 Å². The molecule has 0 unspecified atom stereocenters. The Morgan fingerprint density at radius 2 is 0.634 bits per heavy atom. The topological polar surface area (TPSA) is 128 Å². The number of benzene rings is 17. The molecule has 0 saturated heterocycles. The van der Waals surface area contributed by atoms with Gasteiger partial charge in [0, 0.05) is 97.5 Å². The number of rotatable bonds is 6. The molecule has 123 heavy (non-hydrogen) atoms. The van der Waals surface area contributed by atoms with E-state index in [2.05, 4.69) is 313 Å². The van der Waals surface area contributed by atoms with Crippen LogP contribution in [0.15, 0.2) is 407 Å². The summed E-state index contributed by atoms with van der Waals surface area (Å²) in [6, 6.07) is 128. The number of para-hydroxylation sites is 7. The highest BCUT2D eigenvalue weighted by atomic mass is 32.2. The predicted octanol–water partition coefficient (Wildman–Crippen LogP) is 28.7. The van der Waals surface area contributed by atoms with Gasteiger partial charge in [-0.05, 0) is 201 Å². The van der Waals surface area contributed by atoms with Crippen molar-refractivity contribution in [2.75, 3.05) is 15.5 Å². The molecule has 0 atom stereocenters. The summed E-state index contributed by atoms with van der Waals surface area (Å²) in [5, 5.41) is 19.3. The van der Waals surface area contributed by atoms with Gasteiger partial charge in [0.15, 0.2) is 0 Å². The lowest BCUT2D eigenvalue weighted by Crippen LogP contribution is -2.30. The summed E-state index contributed by atoms with van der Waals surface area (Å²) in [6.45, 7) is 9.26. The SMILES string of the molecule is CC1(C)c2cc(-c3ccccc3)ccc2N(c2ccc(-c3ccc4c(c3)c(=O)oc3ccccc34)cc2)c2ccc(-c3ccccc3)cc21.CC1(C)c2ccccc2Nc2cc3c4ccccc4n(-c4ccc5c(c4)c(=O)oc4ccccc45)c3cc21.O=c1oc2ccccc2c2ccc(-n3c4ccccc4c4cc5c(cc43)Sc3ccccc3N5)cc12. The molecule has 5 aromatic heterocycles. The van der Waals surface area contributed by atoms with Crippen LogP contribution in [0.2, 0.25) is 0 Å². The molecule has 8 heterocycles. The van der Waals surface area contributed by atoms with E-state index >= 15 is 0 Å². The van der Waals surface area contributed by atoms with Crippen LogP contribution in [-0.4, -0.2) is 9.13 Å². The van der Waals surface area contributed by atoms with Gasteiger partial charge in [-0.1, -0.05) is 270 Å². The van der Waals surface area contributed by atoms with Gasteiger partial charge in [-0.2, -0.15) is 0 Å². The van der Waals surface area contributed by atoms with Crippen LogP contribution >= 0.6 is 11.8 Å². The Balaban J connectivity index is 0.000000108. The van der Waals surface area contributed by atoms with Gasteiger partial charge < -0.3 is 37.9 Å². The van der Waals surface area contributed by atoms with Crippen molar-refractivity contribution in [1.29, 1.82) is 0 Å². The van der Waals surface area contributed by atoms with E-state index in [1.54, 1.807) is 11.8 Å². The van der Waals surface area contributed by atoms with E-state index < -0.39 is 0 Å². The minimum atomic E-state index is -0.319. The quantitative estimate of drug-likeness (QED) is 0.123. The van der Waals surface area contributed by atoms with E-state index in [1.807, 2.05) is 109 Å². The zero-order valence-electron chi connectivity index (χ0n) is 67.4. The first-order valence-corrected chi connectivity index (χ1v) is 42.3. The monoisotopic (exact) mass is 1610 g/mol. The van der Waals surface area contributed by atoms with Crippen molar-refractivity contribution in [3.05, 3.63) is 424 Å². The average Bonchev–Trinajstić information content (AvgIpc) is 1.28. The lowest BCUT2D eigenvalue weighted by atomic mass is 9.72. The largest absolute Gasteiger partial charge is 0.422 e. The molecule has 25 rings (SSSR count). The Bertz CT molecular complexity index is 8290. The van der Waals surface area contributed by atoms with Gasteiger partial charge >= 0.3 is 16.9 Å². The third-order valence-corrected chi connectivity index (χ3v) is 26.5. The molecule has 0 bridgehead atoms. The lowest BCUT2D eigenvalue weighted by Gasteiger charge is -2.42. The molecule has 586 valence electrons. The average molecular weight is 1610 g/mol. The molecule has 11 nitrogen and oxygen atoms in total. The Morgan fingerprint density at radius 1 is 0.244 bits per heavy atom. The summed E-state index contributed by atoms with van der Waals surface area (Å²) in [5.41, 5.74) is 26.6. The number of anilines is 7. The van der Waals surface area contributed by atoms with Crippen molar-refractivity contribution in [2.24, 2.45) is 0 Å². The fourth-order valence-electron chi connectivity index (χ4n) is 19.2. The van der Waals surface area contributed by atoms with Gasteiger partial charge in [0.1, 0.15) is 16.7 Å².